The number of methoxy groups -OCH3 is 1. The second-order valence-electron chi connectivity index (χ2n) is 4.36. The highest BCUT2D eigenvalue weighted by Crippen LogP contribution is 2.26. The number of nitrogens with one attached hydrogen (secondary N) is 1. The Morgan fingerprint density at radius 1 is 1.33 bits per heavy atom. The number of hydrogen-bond donors (Lipinski definition) is 1. The minimum atomic E-state index is -0.239. The summed E-state index contributed by atoms with van der Waals surface area (Å²) in [4.78, 5) is 17.4. The smallest absolute Gasteiger partial charge is 0.264 e. The molecule has 2 aromatic rings. The van der Waals surface area contributed by atoms with Gasteiger partial charge in [-0.2, -0.15) is 0 Å². The number of amides is 1. The third-order valence-corrected chi connectivity index (χ3v) is 3.83. The molecule has 0 atom stereocenters. The lowest BCUT2D eigenvalue weighted by atomic mass is 10.3. The van der Waals surface area contributed by atoms with Crippen molar-refractivity contribution in [3.05, 3.63) is 34.8 Å². The molecule has 21 heavy (non-hydrogen) atoms. The fourth-order valence-electron chi connectivity index (χ4n) is 1.85. The van der Waals surface area contributed by atoms with E-state index in [1.54, 1.807) is 19.2 Å². The Bertz CT molecular complexity index is 625. The molecule has 0 radical (unpaired) electrons. The third-order valence-electron chi connectivity index (χ3n) is 2.90. The van der Waals surface area contributed by atoms with Crippen LogP contribution in [0.25, 0.3) is 0 Å². The number of thiazole rings is 1. The second kappa shape index (κ2) is 7.08. The Morgan fingerprint density at radius 3 is 2.67 bits per heavy atom. The molecule has 0 aliphatic rings. The fraction of sp³-hybridized carbons (Fsp3) is 0.333. The Morgan fingerprint density at radius 2 is 2.05 bits per heavy atom. The van der Waals surface area contributed by atoms with Crippen LogP contribution in [0.3, 0.4) is 0 Å². The van der Waals surface area contributed by atoms with Crippen LogP contribution in [0.1, 0.15) is 17.5 Å². The molecule has 6 heteroatoms. The van der Waals surface area contributed by atoms with Crippen LogP contribution in [0, 0.1) is 6.92 Å². The third kappa shape index (κ3) is 3.95. The van der Waals surface area contributed by atoms with Crippen molar-refractivity contribution in [1.29, 1.82) is 0 Å². The van der Waals surface area contributed by atoms with Crippen molar-refractivity contribution in [1.82, 2.24) is 4.98 Å². The van der Waals surface area contributed by atoms with Crippen molar-refractivity contribution in [3.63, 3.8) is 0 Å². The molecule has 0 aliphatic carbocycles. The van der Waals surface area contributed by atoms with E-state index < -0.39 is 0 Å². The number of ether oxygens (including phenoxy) is 2. The quantitative estimate of drug-likeness (QED) is 0.891. The van der Waals surface area contributed by atoms with Gasteiger partial charge in [0.1, 0.15) is 0 Å². The predicted molar refractivity (Wildman–Crippen MR) is 83.3 cm³/mol. The molecule has 0 bridgehead atoms. The SMILES string of the molecule is CCc1nc(NC(=O)COc2ccccc2OC)sc1C. The summed E-state index contributed by atoms with van der Waals surface area (Å²) in [5.74, 6) is 0.903. The van der Waals surface area contributed by atoms with Crippen molar-refractivity contribution in [2.75, 3.05) is 19.0 Å². The zero-order valence-corrected chi connectivity index (χ0v) is 13.1. The summed E-state index contributed by atoms with van der Waals surface area (Å²) >= 11 is 1.47. The average molecular weight is 306 g/mol. The second-order valence-corrected chi connectivity index (χ2v) is 5.57. The first-order valence-corrected chi connectivity index (χ1v) is 7.47. The van der Waals surface area contributed by atoms with Gasteiger partial charge in [-0.1, -0.05) is 19.1 Å². The topological polar surface area (TPSA) is 60.5 Å². The summed E-state index contributed by atoms with van der Waals surface area (Å²) in [6.45, 7) is 3.95. The highest BCUT2D eigenvalue weighted by Gasteiger charge is 2.11. The molecule has 0 unspecified atom stereocenters. The zero-order chi connectivity index (χ0) is 15.2. The van der Waals surface area contributed by atoms with Crippen LogP contribution in [-0.4, -0.2) is 24.6 Å². The van der Waals surface area contributed by atoms with Crippen molar-refractivity contribution in [2.24, 2.45) is 0 Å². The number of hydrogen-bond acceptors (Lipinski definition) is 5. The lowest BCUT2D eigenvalue weighted by Crippen LogP contribution is -2.20. The van der Waals surface area contributed by atoms with Crippen LogP contribution < -0.4 is 14.8 Å². The van der Waals surface area contributed by atoms with Crippen LogP contribution in [0.2, 0.25) is 0 Å². The van der Waals surface area contributed by atoms with Gasteiger partial charge in [0.15, 0.2) is 23.2 Å². The number of para-hydroxylation sites is 2. The minimum Gasteiger partial charge on any atom is -0.493 e. The molecule has 1 aromatic heterocycles. The maximum absolute atomic E-state index is 11.9. The summed E-state index contributed by atoms with van der Waals surface area (Å²) in [6, 6.07) is 7.21. The van der Waals surface area contributed by atoms with Gasteiger partial charge in [-0.25, -0.2) is 4.98 Å². The van der Waals surface area contributed by atoms with Gasteiger partial charge in [0.2, 0.25) is 0 Å². The molecule has 112 valence electrons. The largest absolute Gasteiger partial charge is 0.493 e. The molecule has 1 heterocycles. The first kappa shape index (κ1) is 15.3. The van der Waals surface area contributed by atoms with Gasteiger partial charge in [0.05, 0.1) is 12.8 Å². The summed E-state index contributed by atoms with van der Waals surface area (Å²) < 4.78 is 10.6. The van der Waals surface area contributed by atoms with Gasteiger partial charge in [0.25, 0.3) is 5.91 Å². The molecule has 1 amide bonds. The maximum Gasteiger partial charge on any atom is 0.264 e. The summed E-state index contributed by atoms with van der Waals surface area (Å²) in [6.07, 6.45) is 0.857. The van der Waals surface area contributed by atoms with E-state index in [9.17, 15) is 4.79 Å². The maximum atomic E-state index is 11.9. The summed E-state index contributed by atoms with van der Waals surface area (Å²) in [7, 11) is 1.56. The number of aromatic nitrogens is 1. The van der Waals surface area contributed by atoms with Crippen molar-refractivity contribution >= 4 is 22.4 Å². The molecular formula is C15H18N2O3S. The number of aryl methyl sites for hydroxylation is 2. The Hall–Kier alpha value is -2.08. The van der Waals surface area contributed by atoms with E-state index in [0.717, 1.165) is 17.0 Å². The first-order valence-electron chi connectivity index (χ1n) is 6.66. The fourth-order valence-corrected chi connectivity index (χ4v) is 2.76. The number of rotatable bonds is 6. The number of carbonyl (C=O) groups is 1. The number of benzene rings is 1. The van der Waals surface area contributed by atoms with E-state index >= 15 is 0 Å². The number of carbonyl (C=O) groups excluding carboxylic acids is 1. The molecule has 0 spiro atoms. The van der Waals surface area contributed by atoms with E-state index in [-0.39, 0.29) is 12.5 Å². The molecular weight excluding hydrogens is 288 g/mol. The highest BCUT2D eigenvalue weighted by atomic mass is 32.1. The monoisotopic (exact) mass is 306 g/mol. The van der Waals surface area contributed by atoms with Gasteiger partial charge >= 0.3 is 0 Å². The van der Waals surface area contributed by atoms with Gasteiger partial charge < -0.3 is 9.47 Å². The predicted octanol–water partition coefficient (Wildman–Crippen LogP) is 3.04. The minimum absolute atomic E-state index is 0.0829. The van der Waals surface area contributed by atoms with Crippen molar-refractivity contribution in [3.8, 4) is 11.5 Å². The van der Waals surface area contributed by atoms with Gasteiger partial charge in [-0.15, -0.1) is 11.3 Å². The van der Waals surface area contributed by atoms with Crippen LogP contribution in [-0.2, 0) is 11.2 Å². The average Bonchev–Trinajstić information content (AvgIpc) is 2.85. The molecule has 1 N–H and O–H groups in total. The van der Waals surface area contributed by atoms with Gasteiger partial charge in [0, 0.05) is 4.88 Å². The first-order chi connectivity index (χ1) is 10.1. The van der Waals surface area contributed by atoms with E-state index in [4.69, 9.17) is 9.47 Å². The molecule has 0 fully saturated rings. The van der Waals surface area contributed by atoms with Crippen molar-refractivity contribution < 1.29 is 14.3 Å². The van der Waals surface area contributed by atoms with Crippen LogP contribution in [0.5, 0.6) is 11.5 Å². The number of anilines is 1. The lowest BCUT2D eigenvalue weighted by Gasteiger charge is -2.09. The molecule has 0 aliphatic heterocycles. The van der Waals surface area contributed by atoms with Gasteiger partial charge in [-0.05, 0) is 25.5 Å². The molecule has 2 rings (SSSR count). The van der Waals surface area contributed by atoms with E-state index in [1.807, 2.05) is 26.0 Å². The normalized spacial score (nSPS) is 10.2. The Balaban J connectivity index is 1.92. The molecule has 5 nitrogen and oxygen atoms in total. The lowest BCUT2D eigenvalue weighted by molar-refractivity contribution is -0.118. The van der Waals surface area contributed by atoms with E-state index in [1.165, 1.54) is 11.3 Å². The van der Waals surface area contributed by atoms with Crippen LogP contribution >= 0.6 is 11.3 Å². The summed E-state index contributed by atoms with van der Waals surface area (Å²) in [5.41, 5.74) is 1.01. The number of nitrogens with zero attached hydrogens (tertiary/aromatic N) is 1. The Labute approximate surface area is 127 Å². The molecule has 0 saturated heterocycles. The zero-order valence-electron chi connectivity index (χ0n) is 12.3. The van der Waals surface area contributed by atoms with Crippen LogP contribution in [0.4, 0.5) is 5.13 Å². The van der Waals surface area contributed by atoms with Crippen LogP contribution in [0.15, 0.2) is 24.3 Å². The van der Waals surface area contributed by atoms with E-state index in [2.05, 4.69) is 10.3 Å². The summed E-state index contributed by atoms with van der Waals surface area (Å²) in [5, 5.41) is 3.36. The van der Waals surface area contributed by atoms with Gasteiger partial charge in [-0.3, -0.25) is 10.1 Å². The molecule has 0 saturated carbocycles. The van der Waals surface area contributed by atoms with E-state index in [0.29, 0.717) is 16.6 Å². The van der Waals surface area contributed by atoms with Crippen molar-refractivity contribution in [2.45, 2.75) is 20.3 Å². The standard InChI is InChI=1S/C15H18N2O3S/c1-4-11-10(2)21-15(16-11)17-14(18)9-20-13-8-6-5-7-12(13)19-3/h5-8H,4,9H2,1-3H3,(H,16,17,18). The highest BCUT2D eigenvalue weighted by molar-refractivity contribution is 7.15. The Kier molecular flexibility index (Phi) is 5.16. The molecule has 1 aromatic carbocycles.